The summed E-state index contributed by atoms with van der Waals surface area (Å²) < 4.78 is 39.6. The van der Waals surface area contributed by atoms with Crippen LogP contribution < -0.4 is 63.9 Å². The van der Waals surface area contributed by atoms with Crippen LogP contribution >= 0.6 is 0 Å². The van der Waals surface area contributed by atoms with Gasteiger partial charge in [-0.3, -0.25) is 0 Å². The molecular formula is C54H32Ge2N2O4. The summed E-state index contributed by atoms with van der Waals surface area (Å²) in [5, 5.41) is 0. The molecule has 8 heteroatoms. The van der Waals surface area contributed by atoms with Gasteiger partial charge in [0.15, 0.2) is 0 Å². The second-order valence-electron chi connectivity index (χ2n) is 16.6. The standard InChI is InChI=1S/C54H32Ge2N2O4/c1-5-17-33(18-6-1)55-45-37-25-13-27-39(45)59-41-29-15-31-43(47(41)55)61-53-49(55)51(57(37)35-21-9-3-10-22-35)54-50-52(53)58(36-23-11-4-12-24-36)38-26-14-28-40-46(38)56(50,34-19-7-2-8-20-34)48-42(60-40)30-16-32-44(48)62-54/h1-32H. The summed E-state index contributed by atoms with van der Waals surface area (Å²) >= 11 is -8.38. The maximum absolute atomic E-state index is 7.77. The van der Waals surface area contributed by atoms with E-state index in [1.165, 1.54) is 35.2 Å². The number of hydrogen-bond donors (Lipinski definition) is 0. The fourth-order valence-corrected chi connectivity index (χ4v) is 34.9. The summed E-state index contributed by atoms with van der Waals surface area (Å²) in [4.78, 5) is 4.93. The Morgan fingerprint density at radius 2 is 0.597 bits per heavy atom. The van der Waals surface area contributed by atoms with Crippen molar-refractivity contribution in [3.05, 3.63) is 194 Å². The molecule has 0 fully saturated rings. The summed E-state index contributed by atoms with van der Waals surface area (Å²) in [6.45, 7) is 0. The van der Waals surface area contributed by atoms with Crippen molar-refractivity contribution >= 4 is 95.8 Å². The number of benzene rings is 9. The quantitative estimate of drug-likeness (QED) is 0.165. The summed E-state index contributed by atoms with van der Waals surface area (Å²) in [7, 11) is 0. The third-order valence-corrected chi connectivity index (χ3v) is 34.4. The van der Waals surface area contributed by atoms with E-state index in [9.17, 15) is 0 Å². The van der Waals surface area contributed by atoms with Gasteiger partial charge in [-0.1, -0.05) is 0 Å². The molecule has 9 aromatic rings. The molecule has 2 atom stereocenters. The van der Waals surface area contributed by atoms with Gasteiger partial charge in [-0.25, -0.2) is 0 Å². The molecule has 6 heterocycles. The van der Waals surface area contributed by atoms with Crippen LogP contribution in [-0.4, -0.2) is 26.5 Å². The van der Waals surface area contributed by atoms with Crippen LogP contribution in [-0.2, 0) is 0 Å². The summed E-state index contributed by atoms with van der Waals surface area (Å²) in [5.41, 5.74) is 6.42. The number of rotatable bonds is 4. The topological polar surface area (TPSA) is 43.4 Å². The van der Waals surface area contributed by atoms with E-state index in [-0.39, 0.29) is 0 Å². The third-order valence-electron chi connectivity index (χ3n) is 13.8. The van der Waals surface area contributed by atoms with E-state index in [1.807, 2.05) is 0 Å². The molecule has 9 aromatic carbocycles. The van der Waals surface area contributed by atoms with E-state index in [2.05, 4.69) is 204 Å². The molecule has 62 heavy (non-hydrogen) atoms. The minimum atomic E-state index is -4.19. The van der Waals surface area contributed by atoms with Crippen LogP contribution in [0.4, 0.5) is 34.1 Å². The van der Waals surface area contributed by atoms with Crippen LogP contribution in [0.1, 0.15) is 0 Å². The zero-order valence-corrected chi connectivity index (χ0v) is 37.2. The number of anilines is 6. The fourth-order valence-electron chi connectivity index (χ4n) is 11.8. The number of hydrogen-bond acceptors (Lipinski definition) is 6. The van der Waals surface area contributed by atoms with Crippen LogP contribution in [0.15, 0.2) is 194 Å². The molecule has 0 radical (unpaired) electrons. The van der Waals surface area contributed by atoms with Gasteiger partial charge >= 0.3 is 365 Å². The molecular weight excluding hydrogens is 886 g/mol. The molecule has 0 bridgehead atoms. The van der Waals surface area contributed by atoms with Gasteiger partial charge in [-0.15, -0.1) is 0 Å². The van der Waals surface area contributed by atoms with Gasteiger partial charge in [0, 0.05) is 0 Å². The first-order valence-electron chi connectivity index (χ1n) is 21.1. The van der Waals surface area contributed by atoms with Gasteiger partial charge in [0.1, 0.15) is 0 Å². The van der Waals surface area contributed by atoms with Crippen LogP contribution in [0.25, 0.3) is 0 Å². The van der Waals surface area contributed by atoms with Gasteiger partial charge in [-0.05, 0) is 0 Å². The first-order valence-corrected chi connectivity index (χ1v) is 29.5. The molecule has 0 spiro atoms. The Morgan fingerprint density at radius 1 is 0.274 bits per heavy atom. The molecule has 15 rings (SSSR count). The number of fused-ring (bicyclic) bond motifs is 2. The molecule has 0 saturated carbocycles. The Labute approximate surface area is 362 Å². The normalized spacial score (nSPS) is 18.9. The Bertz CT molecular complexity index is 3210. The van der Waals surface area contributed by atoms with Crippen molar-refractivity contribution < 1.29 is 18.9 Å². The predicted molar refractivity (Wildman–Crippen MR) is 250 cm³/mol. The van der Waals surface area contributed by atoms with E-state index < -0.39 is 26.5 Å². The van der Waals surface area contributed by atoms with Crippen molar-refractivity contribution in [1.82, 2.24) is 0 Å². The van der Waals surface area contributed by atoms with Crippen molar-refractivity contribution in [2.24, 2.45) is 0 Å². The van der Waals surface area contributed by atoms with Crippen molar-refractivity contribution in [3.63, 3.8) is 0 Å². The molecule has 0 aromatic heterocycles. The second kappa shape index (κ2) is 11.8. The Kier molecular flexibility index (Phi) is 6.40. The van der Waals surface area contributed by atoms with E-state index in [0.29, 0.717) is 0 Å². The zero-order valence-electron chi connectivity index (χ0n) is 33.0. The summed E-state index contributed by atoms with van der Waals surface area (Å²) in [6, 6.07) is 70.1. The van der Waals surface area contributed by atoms with Gasteiger partial charge in [-0.2, -0.15) is 0 Å². The van der Waals surface area contributed by atoms with Gasteiger partial charge in [0.25, 0.3) is 0 Å². The van der Waals surface area contributed by atoms with Crippen LogP contribution in [0, 0.1) is 0 Å². The van der Waals surface area contributed by atoms with Gasteiger partial charge < -0.3 is 0 Å². The average Bonchev–Trinajstić information content (AvgIpc) is 3.33. The second-order valence-corrected chi connectivity index (χ2v) is 31.7. The first-order chi connectivity index (χ1) is 30.8. The van der Waals surface area contributed by atoms with E-state index >= 15 is 0 Å². The predicted octanol–water partition coefficient (Wildman–Crippen LogP) is 8.43. The van der Waals surface area contributed by atoms with Crippen molar-refractivity contribution in [2.75, 3.05) is 9.80 Å². The molecule has 2 unspecified atom stereocenters. The SMILES string of the molecule is c1ccc(N2c3cccc4[c]3[Ge]3([c]5ccccc5)[c]5c(cccc5Oc5c6[c]7c(c2[c]53)Oc2cccc3[c]2[Ge]7([c]2ccccc2)[c]2c(cccc2N6c2ccccc2)O3)O4)cc1. The average molecular weight is 918 g/mol. The molecule has 0 aliphatic carbocycles. The Morgan fingerprint density at radius 3 is 0.984 bits per heavy atom. The number of nitrogens with zero attached hydrogens (tertiary/aromatic N) is 2. The zero-order chi connectivity index (χ0) is 40.3. The van der Waals surface area contributed by atoms with Crippen molar-refractivity contribution in [2.45, 2.75) is 0 Å². The van der Waals surface area contributed by atoms with E-state index in [0.717, 1.165) is 80.1 Å². The number of ether oxygens (including phenoxy) is 4. The molecule has 6 nitrogen and oxygen atoms in total. The van der Waals surface area contributed by atoms with E-state index in [1.54, 1.807) is 0 Å². The molecule has 6 aliphatic rings. The molecule has 0 saturated heterocycles. The Balaban J connectivity index is 1.25. The maximum atomic E-state index is 7.77. The summed E-state index contributed by atoms with van der Waals surface area (Å²) in [6.07, 6.45) is 0. The van der Waals surface area contributed by atoms with Crippen LogP contribution in [0.3, 0.4) is 0 Å². The van der Waals surface area contributed by atoms with Crippen molar-refractivity contribution in [3.8, 4) is 46.0 Å². The Hall–Kier alpha value is -7.13. The minimum absolute atomic E-state index is 0.855. The molecule has 0 N–H and O–H groups in total. The fraction of sp³-hybridized carbons (Fsp3) is 0. The first kappa shape index (κ1) is 33.6. The third kappa shape index (κ3) is 3.82. The summed E-state index contributed by atoms with van der Waals surface area (Å²) in [5.74, 6) is 7.02. The van der Waals surface area contributed by atoms with E-state index in [4.69, 9.17) is 18.9 Å². The number of para-hydroxylation sites is 2. The monoisotopic (exact) mass is 920 g/mol. The molecule has 0 amide bonds. The van der Waals surface area contributed by atoms with Crippen molar-refractivity contribution in [1.29, 1.82) is 0 Å². The molecule has 6 aliphatic heterocycles. The van der Waals surface area contributed by atoms with Crippen LogP contribution in [0.5, 0.6) is 46.0 Å². The van der Waals surface area contributed by atoms with Crippen LogP contribution in [0.2, 0.25) is 0 Å². The van der Waals surface area contributed by atoms with Gasteiger partial charge in [0.05, 0.1) is 0 Å². The van der Waals surface area contributed by atoms with Gasteiger partial charge in [0.2, 0.25) is 0 Å². The molecule has 290 valence electrons.